The molecule has 0 fully saturated rings. The van der Waals surface area contributed by atoms with Crippen molar-refractivity contribution in [1.29, 1.82) is 0 Å². The molecule has 13 aromatic rings. The summed E-state index contributed by atoms with van der Waals surface area (Å²) in [6, 6.07) is 1.30. The zero-order valence-corrected chi connectivity index (χ0v) is 45.5. The molecule has 1 aliphatic carbocycles. The number of nitrogens with zero attached hydrogens (tertiary/aromatic N) is 4. The van der Waals surface area contributed by atoms with Crippen LogP contribution in [0.5, 0.6) is 11.5 Å². The highest BCUT2D eigenvalue weighted by Crippen LogP contribution is 2.51. The summed E-state index contributed by atoms with van der Waals surface area (Å²) in [6.07, 6.45) is 3.01. The number of imidazole rings is 1. The summed E-state index contributed by atoms with van der Waals surface area (Å²) in [5.41, 5.74) is -13.3. The minimum atomic E-state index is -6.88. The van der Waals surface area contributed by atoms with Crippen molar-refractivity contribution in [2.45, 2.75) is 70.8 Å². The average molecular weight is 1130 g/mol. The summed E-state index contributed by atoms with van der Waals surface area (Å²) in [5.74, 6) is 1.01. The fourth-order valence-electron chi connectivity index (χ4n) is 11.2. The highest BCUT2D eigenvalue weighted by atomic mass is 28.3. The molecule has 5 nitrogen and oxygen atoms in total. The van der Waals surface area contributed by atoms with E-state index in [2.05, 4.69) is 27.1 Å². The summed E-state index contributed by atoms with van der Waals surface area (Å²) in [7, 11) is -6.88. The third-order valence-electron chi connectivity index (χ3n) is 15.0. The van der Waals surface area contributed by atoms with Gasteiger partial charge in [0.15, 0.2) is 8.07 Å². The first-order chi connectivity index (χ1) is 54.8. The Kier molecular flexibility index (Phi) is 6.32. The summed E-state index contributed by atoms with van der Waals surface area (Å²) < 4.78 is 345. The molecule has 0 atom stereocenters. The van der Waals surface area contributed by atoms with Crippen molar-refractivity contribution >= 4 is 61.7 Å². The third kappa shape index (κ3) is 8.83. The Balaban J connectivity index is 1.24. The second-order valence-electron chi connectivity index (χ2n) is 21.2. The van der Waals surface area contributed by atoms with Gasteiger partial charge in [0.05, 0.1) is 65.0 Å². The lowest BCUT2D eigenvalue weighted by molar-refractivity contribution is -0.570. The van der Waals surface area contributed by atoms with Gasteiger partial charge in [0.2, 0.25) is 0 Å². The van der Waals surface area contributed by atoms with Crippen molar-refractivity contribution in [2.24, 2.45) is 0 Å². The second-order valence-corrected chi connectivity index (χ2v) is 24.7. The Morgan fingerprint density at radius 1 is 0.566 bits per heavy atom. The molecule has 0 aliphatic heterocycles. The number of fused-ring (bicyclic) bond motifs is 5. The molecule has 10 aromatic carbocycles. The molecule has 0 amide bonds. The number of rotatable bonds is 11. The Bertz CT molecular complexity index is 6200. The van der Waals surface area contributed by atoms with Crippen LogP contribution in [0.3, 0.4) is 0 Å². The molecule has 404 valence electrons. The van der Waals surface area contributed by atoms with Crippen LogP contribution in [0.1, 0.15) is 119 Å². The van der Waals surface area contributed by atoms with Gasteiger partial charge < -0.3 is 4.74 Å². The van der Waals surface area contributed by atoms with Crippen LogP contribution < -0.4 is 30.1 Å². The molecule has 0 unspecified atom stereocenters. The van der Waals surface area contributed by atoms with E-state index < -0.39 is 252 Å². The van der Waals surface area contributed by atoms with E-state index in [1.54, 1.807) is 36.5 Å². The lowest BCUT2D eigenvalue weighted by atomic mass is 9.82. The Labute approximate surface area is 537 Å². The standard InChI is InChI=1S/C77H66N4OSi/c1-75(2,3)56-43-44-78-73(48-56)81-68-36-21-20-35-63(68)64-41-40-59(50-71(64)81)82-58-28-24-27-57(49-58)79-52-80(70-38-23-22-37-69(70)79)74-65(54-39-42-66-67(46-54)77(6,7)51-76(66,4)5)45-55(53-25-12-8-13-26-53)47-72(74)83(60-29-14-9-15-30-60,61-31-16-10-17-32-61)62-33-18-11-19-34-62/h8-50H,51H2,1-7H3/i4D3,5D3,6D3,7D3,8D,9D,10D,11D,12D,13D,14D,15D,16D,17D,18D,19D,25D,26D,29D,30D,31D,32D,33D,34D,39D,42D,46D. The number of hydrogen-bond acceptors (Lipinski definition) is 2. The van der Waals surface area contributed by atoms with E-state index >= 15 is 0 Å². The Hall–Kier alpha value is -9.36. The van der Waals surface area contributed by atoms with Crippen LogP contribution in [0.4, 0.5) is 0 Å². The number of pyridine rings is 1. The van der Waals surface area contributed by atoms with Crippen molar-refractivity contribution < 1.29 is 57.3 Å². The van der Waals surface area contributed by atoms with Gasteiger partial charge in [-0.1, -0.05) is 242 Å². The second kappa shape index (κ2) is 20.0. The molecule has 3 heterocycles. The van der Waals surface area contributed by atoms with Gasteiger partial charge in [-0.2, -0.15) is 0 Å². The molecule has 3 aromatic heterocycles. The number of para-hydroxylation sites is 3. The zero-order valence-electron chi connectivity index (χ0n) is 79.5. The molecule has 0 saturated carbocycles. The van der Waals surface area contributed by atoms with Crippen molar-refractivity contribution in [3.8, 4) is 50.9 Å². The minimum Gasteiger partial charge on any atom is -0.458 e. The highest BCUT2D eigenvalue weighted by molar-refractivity contribution is 7.20. The monoisotopic (exact) mass is 1130 g/mol. The predicted molar refractivity (Wildman–Crippen MR) is 346 cm³/mol. The number of benzene rings is 10. The van der Waals surface area contributed by atoms with Crippen molar-refractivity contribution in [3.63, 3.8) is 0 Å². The van der Waals surface area contributed by atoms with Gasteiger partial charge in [-0.15, -0.1) is 0 Å². The number of ether oxygens (including phenoxy) is 1. The maximum absolute atomic E-state index is 10.8. The van der Waals surface area contributed by atoms with Crippen LogP contribution >= 0.6 is 0 Å². The summed E-state index contributed by atoms with van der Waals surface area (Å²) in [5, 5.41) is -2.91. The highest BCUT2D eigenvalue weighted by Gasteiger charge is 2.45. The van der Waals surface area contributed by atoms with E-state index in [0.29, 0.717) is 11.3 Å². The molecular formula is C77H66N4OSi. The summed E-state index contributed by atoms with van der Waals surface area (Å²) in [4.78, 5) is 4.81. The molecule has 6 heteroatoms. The predicted octanol–water partition coefficient (Wildman–Crippen LogP) is 16.0. The van der Waals surface area contributed by atoms with Crippen LogP contribution in [0.25, 0.3) is 72.3 Å². The summed E-state index contributed by atoms with van der Waals surface area (Å²) >= 11 is 0. The molecule has 0 radical (unpaired) electrons. The van der Waals surface area contributed by atoms with Gasteiger partial charge in [0, 0.05) is 39.5 Å². The quantitative estimate of drug-likeness (QED) is 0.0560. The van der Waals surface area contributed by atoms with Crippen LogP contribution in [-0.2, 0) is 16.2 Å². The molecule has 83 heavy (non-hydrogen) atoms. The lowest BCUT2D eigenvalue weighted by Crippen LogP contribution is -2.76. The van der Waals surface area contributed by atoms with Gasteiger partial charge >= 0.3 is 0 Å². The molecule has 1 aliphatic rings. The van der Waals surface area contributed by atoms with Gasteiger partial charge in [-0.05, 0) is 137 Å². The largest absolute Gasteiger partial charge is 0.458 e. The first-order valence-corrected chi connectivity index (χ1v) is 28.2. The lowest BCUT2D eigenvalue weighted by Gasteiger charge is -2.37. The van der Waals surface area contributed by atoms with Gasteiger partial charge in [-0.25, -0.2) is 4.98 Å². The maximum atomic E-state index is 10.8. The average Bonchev–Trinajstić information content (AvgIpc) is 1.43. The van der Waals surface area contributed by atoms with E-state index in [-0.39, 0.29) is 33.6 Å². The fourth-order valence-corrected chi connectivity index (χ4v) is 15.3. The topological polar surface area (TPSA) is 35.9 Å². The molecule has 0 saturated heterocycles. The third-order valence-corrected chi connectivity index (χ3v) is 19.2. The Morgan fingerprint density at radius 3 is 1.88 bits per heavy atom. The van der Waals surface area contributed by atoms with Crippen LogP contribution in [-0.4, -0.2) is 22.2 Å². The van der Waals surface area contributed by atoms with Gasteiger partial charge in [0.25, 0.3) is 6.33 Å². The number of aromatic nitrogens is 4. The zero-order chi connectivity index (χ0) is 86.7. The first kappa shape index (κ1) is 26.3. The van der Waals surface area contributed by atoms with Crippen LogP contribution in [0.2, 0.25) is 0 Å². The van der Waals surface area contributed by atoms with Gasteiger partial charge in [-0.3, -0.25) is 13.7 Å². The van der Waals surface area contributed by atoms with Crippen molar-refractivity contribution in [1.82, 2.24) is 14.1 Å². The smallest absolute Gasteiger partial charge is 0.269 e. The molecule has 14 rings (SSSR count). The first-order valence-electron chi connectivity index (χ1n) is 43.7. The van der Waals surface area contributed by atoms with Gasteiger partial charge in [0.1, 0.15) is 17.3 Å². The molecule has 0 spiro atoms. The van der Waals surface area contributed by atoms with E-state index in [9.17, 15) is 31.5 Å². The molecule has 0 N–H and O–H groups in total. The Morgan fingerprint density at radius 2 is 1.19 bits per heavy atom. The molecule has 0 bridgehead atoms. The van der Waals surface area contributed by atoms with Crippen LogP contribution in [0.15, 0.2) is 260 Å². The number of hydrogen-bond donors (Lipinski definition) is 0. The van der Waals surface area contributed by atoms with E-state index in [1.165, 1.54) is 34.9 Å². The van der Waals surface area contributed by atoms with E-state index in [0.717, 1.165) is 38.6 Å². The van der Waals surface area contributed by atoms with Crippen molar-refractivity contribution in [3.05, 3.63) is 283 Å². The fraction of sp³-hybridized carbons (Fsp3) is 0.143. The minimum absolute atomic E-state index is 0.0270. The van der Waals surface area contributed by atoms with E-state index in [1.807, 2.05) is 47.0 Å². The maximum Gasteiger partial charge on any atom is 0.269 e. The van der Waals surface area contributed by atoms with E-state index in [4.69, 9.17) is 26.2 Å². The SMILES string of the molecule is [2H]c1c([2H])c([2H])c(-c2cc(-c3c([2H])c([2H])c4c(c3[2H])C(C([2H])([2H])[2H])(C([2H])([2H])[2H])CC4(C([2H])([2H])[2H])C([2H])([2H])[2H])c(-[n+]3[c-]n(-c4cccc(Oc5ccc6c7ccccc7n(-c7cc(C(C)(C)C)ccn7)c6c5)c4)c4ccccc43)c([Si](c3c([2H])c([2H])c([2H])c([2H])c3[2H])(c3c([2H])c([2H])c([2H])c([2H])c3[2H])c3c([2H])c([2H])c([2H])c([2H])c3[2H])c2)c([2H])c1[2H]. The molecular weight excluding hydrogens is 1020 g/mol. The summed E-state index contributed by atoms with van der Waals surface area (Å²) in [6.45, 7) is -10.2. The van der Waals surface area contributed by atoms with Crippen LogP contribution in [0, 0.1) is 6.33 Å². The van der Waals surface area contributed by atoms with Crippen molar-refractivity contribution in [2.75, 3.05) is 0 Å². The normalized spacial score (nSPS) is 20.5.